The van der Waals surface area contributed by atoms with Gasteiger partial charge in [0, 0.05) is 0 Å². The molecule has 0 radical (unpaired) electrons. The fourth-order valence-corrected chi connectivity index (χ4v) is 50.3. The molecule has 0 atom stereocenters. The number of aliphatic carboxylic acids is 1. The summed E-state index contributed by atoms with van der Waals surface area (Å²) in [5.41, 5.74) is 0. The van der Waals surface area contributed by atoms with Crippen LogP contribution in [-0.2, 0) is 4.79 Å². The first-order valence-electron chi connectivity index (χ1n) is 14.4. The van der Waals surface area contributed by atoms with E-state index in [4.69, 9.17) is 0 Å². The molecule has 0 fully saturated rings. The van der Waals surface area contributed by atoms with Gasteiger partial charge in [0.2, 0.25) is 3.23 Å². The summed E-state index contributed by atoms with van der Waals surface area (Å²) >= 11 is 176. The van der Waals surface area contributed by atoms with Gasteiger partial charge in [-0.2, -0.15) is 0 Å². The summed E-state index contributed by atoms with van der Waals surface area (Å²) in [5.74, 6) is -1.27. The van der Waals surface area contributed by atoms with Crippen molar-refractivity contribution < 1.29 is 9.90 Å². The maximum atomic E-state index is 12.6. The number of alkyl halides is 45. The molecule has 0 aromatic rings. The molecule has 0 heterocycles. The highest BCUT2D eigenvalue weighted by molar-refractivity contribution is 9.43. The molecule has 0 unspecified atom stereocenters. The zero-order valence-corrected chi connectivity index (χ0v) is 101. The van der Waals surface area contributed by atoms with Gasteiger partial charge < -0.3 is 5.11 Å². The minimum atomic E-state index is -1.83. The van der Waals surface area contributed by atoms with E-state index in [9.17, 15) is 9.90 Å². The fraction of sp³-hybridized carbons (Fsp3) is 0.957. The van der Waals surface area contributed by atoms with Crippen molar-refractivity contribution in [1.29, 1.82) is 0 Å². The van der Waals surface area contributed by atoms with E-state index in [1.54, 1.807) is 0 Å². The van der Waals surface area contributed by atoms with Gasteiger partial charge in [0.25, 0.3) is 0 Å². The van der Waals surface area contributed by atoms with Gasteiger partial charge in [0.15, 0.2) is 2.14 Å². The lowest BCUT2D eigenvalue weighted by Crippen LogP contribution is -2.74. The van der Waals surface area contributed by atoms with Gasteiger partial charge in [0.05, 0.1) is 0 Å². The molecule has 0 aromatic carbocycles. The van der Waals surface area contributed by atoms with Crippen LogP contribution in [0.4, 0.5) is 0 Å². The van der Waals surface area contributed by atoms with Crippen LogP contribution in [0.25, 0.3) is 0 Å². The molecule has 0 rings (SSSR count). The summed E-state index contributed by atoms with van der Waals surface area (Å²) in [6, 6.07) is 0. The van der Waals surface area contributed by atoms with Crippen LogP contribution in [0.3, 0.4) is 0 Å². The van der Waals surface area contributed by atoms with Crippen molar-refractivity contribution in [2.75, 3.05) is 0 Å². The molecule has 1 N–H and O–H groups in total. The molecule has 2 nitrogen and oxygen atoms in total. The standard InChI is InChI=1S/C23HBr45O2/c24-2(25,1(69)70)3(26,27)4(28,29)5(30,31)6(32,33)7(34,35)8(36,37)9(38,39)10(40,41)11(42,43)12(44,45)13(46,47)14(48,49)15(50,51)16(52,53)17(54,55)18(56,57)19(58,59)20(60,61)21(62,63)22(64,65)23(66,67)68/h(H,69,70). The number of halogens is 45. The van der Waals surface area contributed by atoms with Crippen LogP contribution >= 0.6 is 717 Å². The first-order chi connectivity index (χ1) is 29.2. The highest BCUT2D eigenvalue weighted by Crippen LogP contribution is 2.85. The summed E-state index contributed by atoms with van der Waals surface area (Å²) < 4.78 is -31.2. The van der Waals surface area contributed by atoms with Crippen LogP contribution in [0.15, 0.2) is 0 Å². The Morgan fingerprint density at radius 2 is 0.257 bits per heavy atom. The van der Waals surface area contributed by atoms with Crippen molar-refractivity contribution in [2.24, 2.45) is 0 Å². The predicted octanol–water partition coefficient (Wildman–Crippen LogP) is 33.1. The van der Waals surface area contributed by atoms with Gasteiger partial charge in [-0.05, 0) is 0 Å². The zero-order valence-electron chi connectivity index (χ0n) is 29.4. The van der Waals surface area contributed by atoms with E-state index in [2.05, 4.69) is 717 Å². The Bertz CT molecular complexity index is 1940. The Hall–Kier alpha value is 21.1. The normalized spacial score (nSPS) is 17.3. The molecule has 0 amide bonds. The van der Waals surface area contributed by atoms with Crippen molar-refractivity contribution in [1.82, 2.24) is 0 Å². The lowest BCUT2D eigenvalue weighted by atomic mass is 10.0. The third-order valence-corrected chi connectivity index (χ3v) is 106. The van der Waals surface area contributed by atoms with Crippen LogP contribution < -0.4 is 0 Å². The Morgan fingerprint density at radius 3 is 0.343 bits per heavy atom. The summed E-state index contributed by atoms with van der Waals surface area (Å²) in [5, 5.41) is 10.2. The molecule has 0 aromatic heterocycles. The third kappa shape index (κ3) is 14.8. The summed E-state index contributed by atoms with van der Waals surface area (Å²) in [7, 11) is 0. The van der Waals surface area contributed by atoms with E-state index in [-0.39, 0.29) is 0 Å². The predicted molar refractivity (Wildman–Crippen MR) is 469 cm³/mol. The first kappa shape index (κ1) is 91.1. The monoisotopic (exact) mass is 3860 g/mol. The molecular weight excluding hydrogens is 3900 g/mol. The molecule has 0 aliphatic heterocycles. The average Bonchev–Trinajstić information content (AvgIpc) is 3.12. The molecule has 0 saturated heterocycles. The van der Waals surface area contributed by atoms with Gasteiger partial charge in [-0.25, -0.2) is 4.79 Å². The third-order valence-electron chi connectivity index (χ3n) is 8.51. The number of rotatable bonds is 21. The quantitative estimate of drug-likeness (QED) is 0.116. The van der Waals surface area contributed by atoms with E-state index in [1.807, 2.05) is 0 Å². The second kappa shape index (κ2) is 29.3. The molecule has 0 saturated carbocycles. The van der Waals surface area contributed by atoms with Gasteiger partial charge in [-0.15, -0.1) is 0 Å². The van der Waals surface area contributed by atoms with E-state index >= 15 is 0 Å². The molecule has 0 aliphatic rings. The molecular formula is C23HBr45O2. The molecule has 70 heavy (non-hydrogen) atoms. The highest BCUT2D eigenvalue weighted by Gasteiger charge is 2.86. The lowest BCUT2D eigenvalue weighted by molar-refractivity contribution is -0.137. The highest BCUT2D eigenvalue weighted by atomic mass is 80.0. The van der Waals surface area contributed by atoms with Crippen molar-refractivity contribution in [3.63, 3.8) is 0 Å². The number of hydrogen-bond donors (Lipinski definition) is 1. The van der Waals surface area contributed by atoms with E-state index in [0.29, 0.717) is 0 Å². The smallest absolute Gasteiger partial charge is 0.333 e. The zero-order chi connectivity index (χ0) is 58.6. The fourth-order valence-electron chi connectivity index (χ4n) is 4.06. The largest absolute Gasteiger partial charge is 0.480 e. The van der Waals surface area contributed by atoms with Crippen LogP contribution in [0, 0.1) is 0 Å². The Balaban J connectivity index is 8.12. The number of carboxylic acid groups (broad SMARTS) is 1. The maximum absolute atomic E-state index is 12.6. The number of carbonyl (C=O) groups is 1. The minimum absolute atomic E-state index is 0.951. The van der Waals surface area contributed by atoms with Crippen LogP contribution in [-0.4, -0.2) is 81.1 Å². The average molecular weight is 3900 g/mol. The van der Waals surface area contributed by atoms with Gasteiger partial charge >= 0.3 is 5.97 Å². The van der Waals surface area contributed by atoms with Crippen molar-refractivity contribution >= 4 is 723 Å². The molecule has 47 heteroatoms. The first-order valence-corrected chi connectivity index (χ1v) is 50.1. The van der Waals surface area contributed by atoms with Gasteiger partial charge in [-0.1, -0.05) is 717 Å². The Labute approximate surface area is 782 Å². The second-order valence-corrected chi connectivity index (χ2v) is 91.9. The van der Waals surface area contributed by atoms with Crippen molar-refractivity contribution in [3.05, 3.63) is 0 Å². The molecule has 0 spiro atoms. The van der Waals surface area contributed by atoms with Crippen LogP contribution in [0.2, 0.25) is 0 Å². The summed E-state index contributed by atoms with van der Waals surface area (Å²) in [4.78, 5) is 12.6. The van der Waals surface area contributed by atoms with Crippen LogP contribution in [0.1, 0.15) is 0 Å². The van der Waals surface area contributed by atoms with Gasteiger partial charge in [0.1, 0.15) is 64.7 Å². The van der Waals surface area contributed by atoms with E-state index in [0.717, 1.165) is 0 Å². The molecule has 0 aliphatic carbocycles. The van der Waals surface area contributed by atoms with Crippen LogP contribution in [0.5, 0.6) is 0 Å². The minimum Gasteiger partial charge on any atom is -0.480 e. The van der Waals surface area contributed by atoms with E-state index < -0.39 is 76.0 Å². The maximum Gasteiger partial charge on any atom is 0.333 e. The van der Waals surface area contributed by atoms with Crippen molar-refractivity contribution in [3.8, 4) is 0 Å². The summed E-state index contributed by atoms with van der Waals surface area (Å²) in [6.07, 6.45) is 0. The van der Waals surface area contributed by atoms with Gasteiger partial charge in [-0.3, -0.25) is 0 Å². The topological polar surface area (TPSA) is 37.3 Å². The SMILES string of the molecule is O=C(O)C(Br)(Br)C(Br)(Br)C(Br)(Br)C(Br)(Br)C(Br)(Br)C(Br)(Br)C(Br)(Br)C(Br)(Br)C(Br)(Br)C(Br)(Br)C(Br)(Br)C(Br)(Br)C(Br)(Br)C(Br)(Br)C(Br)(Br)C(Br)(Br)C(Br)(Br)C(Br)(Br)C(Br)(Br)C(Br)(Br)C(Br)(Br)C(Br)(Br)Br. The van der Waals surface area contributed by atoms with Crippen molar-refractivity contribution in [2.45, 2.75) is 70.0 Å². The second-order valence-electron chi connectivity index (χ2n) is 12.9. The Kier molecular flexibility index (Phi) is 38.2. The summed E-state index contributed by atoms with van der Waals surface area (Å²) in [6.45, 7) is 0. The lowest BCUT2D eigenvalue weighted by Gasteiger charge is -2.63. The molecule has 0 bridgehead atoms. The Morgan fingerprint density at radius 1 is 0.171 bits per heavy atom. The molecule has 420 valence electrons. The van der Waals surface area contributed by atoms with E-state index in [1.165, 1.54) is 0 Å². The number of carboxylic acids is 1. The number of hydrogen-bond acceptors (Lipinski definition) is 1.